The highest BCUT2D eigenvalue weighted by Gasteiger charge is 2.14. The molecule has 0 saturated heterocycles. The monoisotopic (exact) mass is 397 g/mol. The molecule has 0 aromatic heterocycles. The Labute approximate surface area is 182 Å². The Bertz CT molecular complexity index is 671. The second-order valence-corrected chi connectivity index (χ2v) is 9.64. The fourth-order valence-electron chi connectivity index (χ4n) is 2.15. The van der Waals surface area contributed by atoms with Gasteiger partial charge in [0.15, 0.2) is 0 Å². The van der Waals surface area contributed by atoms with Gasteiger partial charge in [-0.1, -0.05) is 109 Å². The quantitative estimate of drug-likeness (QED) is 0.362. The van der Waals surface area contributed by atoms with Crippen molar-refractivity contribution in [1.29, 1.82) is 5.41 Å². The number of allylic oxidation sites excluding steroid dienone is 12. The lowest BCUT2D eigenvalue weighted by Gasteiger charge is -2.19. The van der Waals surface area contributed by atoms with E-state index >= 15 is 0 Å². The molecule has 0 aromatic rings. The van der Waals surface area contributed by atoms with Gasteiger partial charge in [-0.3, -0.25) is 0 Å². The van der Waals surface area contributed by atoms with E-state index in [0.717, 1.165) is 12.0 Å². The van der Waals surface area contributed by atoms with Crippen LogP contribution in [0.1, 0.15) is 89.5 Å². The first-order valence-electron chi connectivity index (χ1n) is 10.9. The Kier molecular flexibility index (Phi) is 14.3. The summed E-state index contributed by atoms with van der Waals surface area (Å²) in [5.41, 5.74) is 6.83. The highest BCUT2D eigenvalue weighted by molar-refractivity contribution is 5.75. The van der Waals surface area contributed by atoms with E-state index in [-0.39, 0.29) is 10.8 Å². The largest absolute Gasteiger partial charge is 0.308 e. The van der Waals surface area contributed by atoms with Crippen molar-refractivity contribution in [3.8, 4) is 0 Å². The molecule has 1 aliphatic carbocycles. The van der Waals surface area contributed by atoms with Crippen molar-refractivity contribution in [3.63, 3.8) is 0 Å². The lowest BCUT2D eigenvalue weighted by molar-refractivity contribution is 0.517. The zero-order chi connectivity index (χ0) is 23.3. The third-order valence-electron chi connectivity index (χ3n) is 4.25. The second kappa shape index (κ2) is 14.1. The van der Waals surface area contributed by atoms with E-state index in [9.17, 15) is 0 Å². The fraction of sp³-hybridized carbons (Fsp3) is 0.536. The average Bonchev–Trinajstić information content (AvgIpc) is 2.87. The van der Waals surface area contributed by atoms with Gasteiger partial charge in [0, 0.05) is 6.21 Å². The molecule has 1 N–H and O–H groups in total. The molecule has 1 aliphatic rings. The molecular formula is C28H47N. The van der Waals surface area contributed by atoms with Gasteiger partial charge >= 0.3 is 0 Å². The number of hydrogen-bond acceptors (Lipinski definition) is 1. The van der Waals surface area contributed by atoms with Gasteiger partial charge in [0.25, 0.3) is 0 Å². The first-order valence-corrected chi connectivity index (χ1v) is 10.9. The van der Waals surface area contributed by atoms with Gasteiger partial charge in [-0.15, -0.1) is 0 Å². The summed E-state index contributed by atoms with van der Waals surface area (Å²) in [6, 6.07) is 0. The van der Waals surface area contributed by atoms with E-state index in [0.29, 0.717) is 0 Å². The van der Waals surface area contributed by atoms with Crippen LogP contribution < -0.4 is 0 Å². The molecule has 0 radical (unpaired) electrons. The number of rotatable bonds is 3. The van der Waals surface area contributed by atoms with Crippen molar-refractivity contribution in [3.05, 3.63) is 70.4 Å². The average molecular weight is 398 g/mol. The summed E-state index contributed by atoms with van der Waals surface area (Å²) >= 11 is 0. The summed E-state index contributed by atoms with van der Waals surface area (Å²) in [6.45, 7) is 25.6. The Balaban J connectivity index is 0. The number of nitrogens with one attached hydrogen (secondary N) is 1. The summed E-state index contributed by atoms with van der Waals surface area (Å²) < 4.78 is 0. The van der Waals surface area contributed by atoms with Crippen LogP contribution in [0.5, 0.6) is 0 Å². The standard InChI is InChI=1S/C17H26.C9H15N.C2H6/c1-16(2,3)13-12-14-8-7-9-15(11-10-14)17(4,5)6;1-7(2)9(4)5-8(3)6-10;1-2/h7,9-13H,8H2,1-6H3;5-6,10H,1-4H3;1-2H3/b13-12+;8-5-,10-6?;. The molecule has 1 nitrogen and oxygen atoms in total. The van der Waals surface area contributed by atoms with Gasteiger partial charge in [0.1, 0.15) is 0 Å². The second-order valence-electron chi connectivity index (χ2n) is 9.64. The normalized spacial score (nSPS) is 14.6. The molecule has 1 rings (SSSR count). The van der Waals surface area contributed by atoms with Crippen LogP contribution in [0.3, 0.4) is 0 Å². The minimum Gasteiger partial charge on any atom is -0.308 e. The molecule has 0 spiro atoms. The lowest BCUT2D eigenvalue weighted by atomic mass is 9.86. The summed E-state index contributed by atoms with van der Waals surface area (Å²) in [5, 5.41) is 6.93. The Hall–Kier alpha value is -1.89. The molecular weight excluding hydrogens is 350 g/mol. The van der Waals surface area contributed by atoms with Crippen LogP contribution in [0.2, 0.25) is 0 Å². The van der Waals surface area contributed by atoms with Crippen molar-refractivity contribution in [2.45, 2.75) is 89.5 Å². The first-order chi connectivity index (χ1) is 13.3. The minimum atomic E-state index is 0.232. The molecule has 0 heterocycles. The fourth-order valence-corrected chi connectivity index (χ4v) is 2.15. The smallest absolute Gasteiger partial charge is 0.0207 e. The van der Waals surface area contributed by atoms with Crippen LogP contribution in [0.4, 0.5) is 0 Å². The van der Waals surface area contributed by atoms with Crippen molar-refractivity contribution in [2.24, 2.45) is 10.8 Å². The van der Waals surface area contributed by atoms with E-state index in [1.807, 2.05) is 26.8 Å². The first kappa shape index (κ1) is 29.3. The highest BCUT2D eigenvalue weighted by atomic mass is 14.3. The molecule has 0 aromatic carbocycles. The van der Waals surface area contributed by atoms with E-state index < -0.39 is 0 Å². The zero-order valence-electron chi connectivity index (χ0n) is 21.3. The number of hydrogen-bond donors (Lipinski definition) is 1. The summed E-state index contributed by atoms with van der Waals surface area (Å²) in [7, 11) is 0. The molecule has 0 saturated carbocycles. The molecule has 0 fully saturated rings. The maximum atomic E-state index is 6.93. The molecule has 0 unspecified atom stereocenters. The molecule has 29 heavy (non-hydrogen) atoms. The van der Waals surface area contributed by atoms with Gasteiger partial charge in [-0.25, -0.2) is 0 Å². The topological polar surface area (TPSA) is 23.9 Å². The van der Waals surface area contributed by atoms with Crippen molar-refractivity contribution < 1.29 is 0 Å². The van der Waals surface area contributed by atoms with Gasteiger partial charge in [-0.05, 0) is 61.7 Å². The van der Waals surface area contributed by atoms with Crippen molar-refractivity contribution >= 4 is 6.21 Å². The molecule has 1 heteroatoms. The molecule has 0 aliphatic heterocycles. The van der Waals surface area contributed by atoms with E-state index in [1.165, 1.54) is 28.5 Å². The van der Waals surface area contributed by atoms with Crippen LogP contribution >= 0.6 is 0 Å². The van der Waals surface area contributed by atoms with Crippen LogP contribution in [-0.2, 0) is 0 Å². The Morgan fingerprint density at radius 2 is 1.48 bits per heavy atom. The van der Waals surface area contributed by atoms with Crippen LogP contribution in [-0.4, -0.2) is 6.21 Å². The van der Waals surface area contributed by atoms with Crippen molar-refractivity contribution in [1.82, 2.24) is 0 Å². The molecule has 0 bridgehead atoms. The summed E-state index contributed by atoms with van der Waals surface area (Å²) in [4.78, 5) is 0. The molecule has 0 atom stereocenters. The van der Waals surface area contributed by atoms with E-state index in [4.69, 9.17) is 5.41 Å². The van der Waals surface area contributed by atoms with Crippen LogP contribution in [0.15, 0.2) is 70.4 Å². The Morgan fingerprint density at radius 3 is 1.90 bits per heavy atom. The third-order valence-corrected chi connectivity index (χ3v) is 4.25. The lowest BCUT2D eigenvalue weighted by Crippen LogP contribution is -2.06. The van der Waals surface area contributed by atoms with E-state index in [1.54, 1.807) is 0 Å². The maximum Gasteiger partial charge on any atom is 0.0207 e. The van der Waals surface area contributed by atoms with Crippen LogP contribution in [0.25, 0.3) is 0 Å². The highest BCUT2D eigenvalue weighted by Crippen LogP contribution is 2.28. The summed E-state index contributed by atoms with van der Waals surface area (Å²) in [5.74, 6) is 0. The predicted octanol–water partition coefficient (Wildman–Crippen LogP) is 9.41. The van der Waals surface area contributed by atoms with Crippen molar-refractivity contribution in [2.75, 3.05) is 0 Å². The third kappa shape index (κ3) is 15.7. The van der Waals surface area contributed by atoms with Gasteiger partial charge in [0.05, 0.1) is 0 Å². The van der Waals surface area contributed by atoms with Gasteiger partial charge in [0.2, 0.25) is 0 Å². The summed E-state index contributed by atoms with van der Waals surface area (Å²) in [6.07, 6.45) is 18.0. The molecule has 164 valence electrons. The zero-order valence-corrected chi connectivity index (χ0v) is 21.3. The van der Waals surface area contributed by atoms with Gasteiger partial charge < -0.3 is 5.41 Å². The van der Waals surface area contributed by atoms with E-state index in [2.05, 4.69) is 98.8 Å². The molecule has 0 amide bonds. The SMILES string of the molecule is CC.CC(C)(C)/C=C/C1=CC=C(C(C)(C)C)C=CC1.CC(C)=C(C)/C=C(/C)C=N. The Morgan fingerprint density at radius 1 is 0.931 bits per heavy atom. The minimum absolute atomic E-state index is 0.232. The predicted molar refractivity (Wildman–Crippen MR) is 136 cm³/mol. The maximum absolute atomic E-state index is 6.93. The van der Waals surface area contributed by atoms with Crippen LogP contribution in [0, 0.1) is 16.2 Å². The van der Waals surface area contributed by atoms with Gasteiger partial charge in [-0.2, -0.15) is 0 Å².